The molecule has 27 heavy (non-hydrogen) atoms. The number of nitrogens with zero attached hydrogens (tertiary/aromatic N) is 2. The zero-order valence-electron chi connectivity index (χ0n) is 15.4. The van der Waals surface area contributed by atoms with Gasteiger partial charge in [-0.25, -0.2) is 4.39 Å². The number of hydrogen-bond donors (Lipinski definition) is 1. The van der Waals surface area contributed by atoms with Crippen molar-refractivity contribution in [2.24, 2.45) is 0 Å². The van der Waals surface area contributed by atoms with Crippen LogP contribution in [0, 0.1) is 5.82 Å². The lowest BCUT2D eigenvalue weighted by molar-refractivity contribution is -0.132. The first-order valence-corrected chi connectivity index (χ1v) is 8.79. The van der Waals surface area contributed by atoms with Gasteiger partial charge in [-0.15, -0.1) is 12.4 Å². The molecule has 2 aromatic carbocycles. The predicted octanol–water partition coefficient (Wildman–Crippen LogP) is 2.90. The van der Waals surface area contributed by atoms with E-state index < -0.39 is 0 Å². The van der Waals surface area contributed by atoms with Gasteiger partial charge in [0.2, 0.25) is 5.91 Å². The first-order chi connectivity index (χ1) is 12.6. The van der Waals surface area contributed by atoms with E-state index in [0.717, 1.165) is 31.7 Å². The molecule has 0 unspecified atom stereocenters. The van der Waals surface area contributed by atoms with E-state index in [1.54, 1.807) is 12.1 Å². The van der Waals surface area contributed by atoms with E-state index in [1.807, 2.05) is 41.1 Å². The predicted molar refractivity (Wildman–Crippen MR) is 106 cm³/mol. The highest BCUT2D eigenvalue weighted by molar-refractivity contribution is 5.85. The van der Waals surface area contributed by atoms with Crippen molar-refractivity contribution in [3.63, 3.8) is 0 Å². The average molecular weight is 394 g/mol. The van der Waals surface area contributed by atoms with Crippen LogP contribution in [-0.2, 0) is 11.3 Å². The third kappa shape index (κ3) is 6.50. The Labute approximate surface area is 165 Å². The Balaban J connectivity index is 0.00000261. The molecule has 0 spiro atoms. The number of hydrogen-bond acceptors (Lipinski definition) is 4. The topological polar surface area (TPSA) is 44.8 Å². The van der Waals surface area contributed by atoms with Crippen LogP contribution in [0.4, 0.5) is 4.39 Å². The highest BCUT2D eigenvalue weighted by Crippen LogP contribution is 2.22. The molecule has 1 fully saturated rings. The molecule has 1 aliphatic heterocycles. The lowest BCUT2D eigenvalue weighted by atomic mass is 10.2. The van der Waals surface area contributed by atoms with Gasteiger partial charge < -0.3 is 15.0 Å². The third-order valence-corrected chi connectivity index (χ3v) is 4.28. The fraction of sp³-hybridized carbons (Fsp3) is 0.350. The lowest BCUT2D eigenvalue weighted by Gasteiger charge is -2.29. The molecule has 0 aliphatic carbocycles. The maximum atomic E-state index is 13.2. The highest BCUT2D eigenvalue weighted by Gasteiger charge is 2.17. The Morgan fingerprint density at radius 1 is 1.15 bits per heavy atom. The third-order valence-electron chi connectivity index (χ3n) is 4.28. The number of likely N-dealkylation sites (N-methyl/N-ethyl adjacent to an activating group) is 1. The average Bonchev–Trinajstić information content (AvgIpc) is 2.64. The van der Waals surface area contributed by atoms with E-state index in [0.29, 0.717) is 24.6 Å². The number of ether oxygens (including phenoxy) is 1. The second kappa shape index (κ2) is 10.3. The number of halogens is 2. The smallest absolute Gasteiger partial charge is 0.236 e. The lowest BCUT2D eigenvalue weighted by Crippen LogP contribution is -2.49. The molecule has 0 aromatic heterocycles. The largest absolute Gasteiger partial charge is 0.457 e. The second-order valence-electron chi connectivity index (χ2n) is 6.51. The summed E-state index contributed by atoms with van der Waals surface area (Å²) in [6, 6.07) is 13.7. The summed E-state index contributed by atoms with van der Waals surface area (Å²) in [5.74, 6) is 0.963. The molecule has 1 saturated heterocycles. The van der Waals surface area contributed by atoms with Crippen molar-refractivity contribution in [1.82, 2.24) is 15.1 Å². The van der Waals surface area contributed by atoms with E-state index in [9.17, 15) is 9.18 Å². The number of amides is 1. The number of benzene rings is 2. The molecule has 5 nitrogen and oxygen atoms in total. The van der Waals surface area contributed by atoms with Crippen LogP contribution in [0.25, 0.3) is 0 Å². The van der Waals surface area contributed by atoms with Gasteiger partial charge in [-0.2, -0.15) is 0 Å². The van der Waals surface area contributed by atoms with Crippen molar-refractivity contribution in [3.8, 4) is 11.5 Å². The van der Waals surface area contributed by atoms with Crippen molar-refractivity contribution in [3.05, 3.63) is 59.9 Å². The van der Waals surface area contributed by atoms with Crippen LogP contribution in [0.1, 0.15) is 5.56 Å². The number of carbonyl (C=O) groups is 1. The first kappa shape index (κ1) is 21.2. The van der Waals surface area contributed by atoms with Crippen molar-refractivity contribution in [1.29, 1.82) is 0 Å². The summed E-state index contributed by atoms with van der Waals surface area (Å²) >= 11 is 0. The van der Waals surface area contributed by atoms with Gasteiger partial charge in [0, 0.05) is 38.8 Å². The minimum absolute atomic E-state index is 0. The first-order valence-electron chi connectivity index (χ1n) is 8.79. The number of piperazine rings is 1. The van der Waals surface area contributed by atoms with Crippen molar-refractivity contribution >= 4 is 18.3 Å². The van der Waals surface area contributed by atoms with Gasteiger partial charge >= 0.3 is 0 Å². The maximum absolute atomic E-state index is 13.2. The van der Waals surface area contributed by atoms with Crippen LogP contribution < -0.4 is 10.1 Å². The van der Waals surface area contributed by atoms with E-state index in [-0.39, 0.29) is 24.1 Å². The van der Waals surface area contributed by atoms with Crippen LogP contribution in [0.3, 0.4) is 0 Å². The summed E-state index contributed by atoms with van der Waals surface area (Å²) in [5, 5.41) is 3.25. The zero-order chi connectivity index (χ0) is 18.4. The van der Waals surface area contributed by atoms with Crippen LogP contribution in [0.15, 0.2) is 48.5 Å². The maximum Gasteiger partial charge on any atom is 0.236 e. The van der Waals surface area contributed by atoms with Gasteiger partial charge in [-0.1, -0.05) is 18.2 Å². The minimum atomic E-state index is -0.324. The van der Waals surface area contributed by atoms with Gasteiger partial charge in [0.25, 0.3) is 0 Å². The fourth-order valence-electron chi connectivity index (χ4n) is 2.94. The summed E-state index contributed by atoms with van der Waals surface area (Å²) in [6.07, 6.45) is 0. The molecule has 146 valence electrons. The van der Waals surface area contributed by atoms with Gasteiger partial charge in [0.1, 0.15) is 17.3 Å². The van der Waals surface area contributed by atoms with Gasteiger partial charge in [-0.05, 0) is 36.9 Å². The van der Waals surface area contributed by atoms with E-state index in [1.165, 1.54) is 12.1 Å². The molecule has 1 heterocycles. The summed E-state index contributed by atoms with van der Waals surface area (Å²) in [5.41, 5.74) is 1.09. The molecule has 7 heteroatoms. The molecular formula is C20H25ClFN3O2. The molecule has 0 bridgehead atoms. The Morgan fingerprint density at radius 2 is 1.85 bits per heavy atom. The normalized spacial score (nSPS) is 14.0. The molecule has 1 N–H and O–H groups in total. The quantitative estimate of drug-likeness (QED) is 0.819. The second-order valence-corrected chi connectivity index (χ2v) is 6.51. The van der Waals surface area contributed by atoms with E-state index >= 15 is 0 Å². The molecule has 1 amide bonds. The molecule has 0 radical (unpaired) electrons. The molecule has 2 aromatic rings. The summed E-state index contributed by atoms with van der Waals surface area (Å²) in [6.45, 7) is 4.36. The van der Waals surface area contributed by atoms with Gasteiger partial charge in [0.05, 0.1) is 6.54 Å². The van der Waals surface area contributed by atoms with Crippen LogP contribution in [0.2, 0.25) is 0 Å². The molecule has 3 rings (SSSR count). The summed E-state index contributed by atoms with van der Waals surface area (Å²) < 4.78 is 18.8. The van der Waals surface area contributed by atoms with Gasteiger partial charge in [-0.3, -0.25) is 9.69 Å². The zero-order valence-corrected chi connectivity index (χ0v) is 16.2. The molecular weight excluding hydrogens is 369 g/mol. The highest BCUT2D eigenvalue weighted by atomic mass is 35.5. The van der Waals surface area contributed by atoms with Gasteiger partial charge in [0.15, 0.2) is 0 Å². The molecule has 0 atom stereocenters. The molecule has 0 saturated carbocycles. The summed E-state index contributed by atoms with van der Waals surface area (Å²) in [4.78, 5) is 16.2. The van der Waals surface area contributed by atoms with Crippen molar-refractivity contribution in [2.45, 2.75) is 6.54 Å². The van der Waals surface area contributed by atoms with Crippen molar-refractivity contribution < 1.29 is 13.9 Å². The van der Waals surface area contributed by atoms with Crippen LogP contribution in [0.5, 0.6) is 11.5 Å². The number of carbonyl (C=O) groups excluding carboxylic acids is 1. The Bertz CT molecular complexity index is 736. The monoisotopic (exact) mass is 393 g/mol. The molecule has 1 aliphatic rings. The summed E-state index contributed by atoms with van der Waals surface area (Å²) in [7, 11) is 1.94. The fourth-order valence-corrected chi connectivity index (χ4v) is 2.94. The minimum Gasteiger partial charge on any atom is -0.457 e. The van der Waals surface area contributed by atoms with Crippen LogP contribution in [-0.4, -0.2) is 55.5 Å². The number of nitrogens with one attached hydrogen (secondary N) is 1. The van der Waals surface area contributed by atoms with E-state index in [4.69, 9.17) is 4.74 Å². The standard InChI is InChI=1S/C20H24FN3O2.ClH/c1-23(15-20(25)24-11-9-22-10-12-24)14-16-5-7-18(8-6-16)26-19-4-2-3-17(21)13-19;/h2-8,13,22H,9-12,14-15H2,1H3;1H. The Kier molecular flexibility index (Phi) is 8.03. The number of rotatable bonds is 6. The SMILES string of the molecule is CN(CC(=O)N1CCNCC1)Cc1ccc(Oc2cccc(F)c2)cc1.Cl. The Hall–Kier alpha value is -2.15. The van der Waals surface area contributed by atoms with Crippen molar-refractivity contribution in [2.75, 3.05) is 39.8 Å². The van der Waals surface area contributed by atoms with Crippen LogP contribution >= 0.6 is 12.4 Å². The Morgan fingerprint density at radius 3 is 2.52 bits per heavy atom. The van der Waals surface area contributed by atoms with E-state index in [2.05, 4.69) is 5.32 Å².